The molecule has 0 aromatic heterocycles. The molecule has 7 N–H and O–H groups in total. The van der Waals surface area contributed by atoms with Gasteiger partial charge in [0.15, 0.2) is 17.2 Å². The van der Waals surface area contributed by atoms with Crippen molar-refractivity contribution >= 4 is 10.8 Å². The Morgan fingerprint density at radius 3 is 1.76 bits per heavy atom. The summed E-state index contributed by atoms with van der Waals surface area (Å²) < 4.78 is 12.4. The predicted octanol–water partition coefficient (Wildman–Crippen LogP) is 4.76. The lowest BCUT2D eigenvalue weighted by Crippen LogP contribution is -2.24. The van der Waals surface area contributed by atoms with Crippen molar-refractivity contribution in [1.29, 1.82) is 0 Å². The van der Waals surface area contributed by atoms with Gasteiger partial charge in [0.05, 0.1) is 5.39 Å². The number of phenolic OH excluding ortho intramolecular Hbond substituents is 6. The quantitative estimate of drug-likeness (QED) is 0.169. The Morgan fingerprint density at radius 1 is 0.634 bits per heavy atom. The first-order chi connectivity index (χ1) is 19.4. The van der Waals surface area contributed by atoms with Crippen molar-refractivity contribution < 1.29 is 45.2 Å². The summed E-state index contributed by atoms with van der Waals surface area (Å²) in [5, 5.41) is 73.1. The molecule has 6 rings (SSSR count). The van der Waals surface area contributed by atoms with E-state index < -0.39 is 34.9 Å². The number of aromatic hydroxyl groups is 7. The Hall–Kier alpha value is -4.99. The molecular formula is C31H28O10. The van der Waals surface area contributed by atoms with Gasteiger partial charge >= 0.3 is 0 Å². The van der Waals surface area contributed by atoms with Crippen LogP contribution in [-0.4, -0.2) is 35.7 Å². The van der Waals surface area contributed by atoms with Crippen molar-refractivity contribution in [1.82, 2.24) is 0 Å². The summed E-state index contributed by atoms with van der Waals surface area (Å²) in [5.41, 5.74) is 0.901. The molecule has 10 nitrogen and oxygen atoms in total. The molecule has 0 spiro atoms. The fraction of sp³-hybridized carbons (Fsp3) is 0.258. The Bertz CT molecular complexity index is 1800. The first-order valence-corrected chi connectivity index (χ1v) is 13.1. The predicted molar refractivity (Wildman–Crippen MR) is 147 cm³/mol. The molecule has 2 heterocycles. The van der Waals surface area contributed by atoms with E-state index in [1.807, 2.05) is 13.8 Å². The van der Waals surface area contributed by atoms with Crippen molar-refractivity contribution in [2.75, 3.05) is 0 Å². The van der Waals surface area contributed by atoms with Crippen molar-refractivity contribution in [2.24, 2.45) is 11.8 Å². The first kappa shape index (κ1) is 26.2. The topological polar surface area (TPSA) is 177 Å². The molecule has 0 amide bonds. The zero-order valence-electron chi connectivity index (χ0n) is 22.1. The zero-order chi connectivity index (χ0) is 29.3. The maximum atomic E-state index is 13.1. The van der Waals surface area contributed by atoms with E-state index in [-0.39, 0.29) is 57.1 Å². The standard InChI is InChI=1S/C31H28O10/c1-12-3-19-21(34)7-15(32)9-25(19)40-30(12)14-5-17-18(11-24(37)29(39)27(17)28(38)23(36)6-14)31-13(2)4-20-22(35)8-16(33)10-26(20)41-31/h5-13,30-35,37,39H,3-4H2,1-2H3,(H,36,38)/t12-,13-,30+,31?/m1/s1. The van der Waals surface area contributed by atoms with Gasteiger partial charge in [-0.3, -0.25) is 4.79 Å². The van der Waals surface area contributed by atoms with Crippen LogP contribution >= 0.6 is 0 Å². The molecule has 0 saturated carbocycles. The fourth-order valence-electron chi connectivity index (χ4n) is 6.02. The van der Waals surface area contributed by atoms with Gasteiger partial charge in [-0.2, -0.15) is 0 Å². The lowest BCUT2D eigenvalue weighted by atomic mass is 9.85. The summed E-state index contributed by atoms with van der Waals surface area (Å²) in [6.07, 6.45) is -0.794. The molecule has 212 valence electrons. The van der Waals surface area contributed by atoms with Gasteiger partial charge in [-0.25, -0.2) is 0 Å². The number of benzene rings is 3. The second-order valence-corrected chi connectivity index (χ2v) is 10.9. The van der Waals surface area contributed by atoms with Crippen LogP contribution in [0.1, 0.15) is 48.3 Å². The van der Waals surface area contributed by atoms with Gasteiger partial charge in [-0.05, 0) is 42.0 Å². The maximum Gasteiger partial charge on any atom is 0.221 e. The molecular weight excluding hydrogens is 532 g/mol. The van der Waals surface area contributed by atoms with E-state index in [1.165, 1.54) is 36.4 Å². The summed E-state index contributed by atoms with van der Waals surface area (Å²) in [5.74, 6) is -2.70. The van der Waals surface area contributed by atoms with Crippen molar-refractivity contribution in [3.63, 3.8) is 0 Å². The van der Waals surface area contributed by atoms with Crippen LogP contribution in [0.4, 0.5) is 0 Å². The van der Waals surface area contributed by atoms with Gasteiger partial charge in [0.2, 0.25) is 5.43 Å². The van der Waals surface area contributed by atoms with E-state index >= 15 is 0 Å². The van der Waals surface area contributed by atoms with Gasteiger partial charge < -0.3 is 45.2 Å². The monoisotopic (exact) mass is 560 g/mol. The van der Waals surface area contributed by atoms with E-state index in [1.54, 1.807) is 6.07 Å². The molecule has 0 radical (unpaired) electrons. The van der Waals surface area contributed by atoms with Crippen LogP contribution in [0.15, 0.2) is 47.3 Å². The average Bonchev–Trinajstić information content (AvgIpc) is 3.03. The molecule has 4 atom stereocenters. The normalized spacial score (nSPS) is 21.4. The van der Waals surface area contributed by atoms with Gasteiger partial charge in [-0.15, -0.1) is 0 Å². The average molecular weight is 561 g/mol. The van der Waals surface area contributed by atoms with Crippen LogP contribution in [0.5, 0.6) is 51.7 Å². The van der Waals surface area contributed by atoms with Crippen molar-refractivity contribution in [3.05, 3.63) is 74.9 Å². The molecule has 10 heteroatoms. The van der Waals surface area contributed by atoms with Gasteiger partial charge in [0, 0.05) is 52.8 Å². The number of hydrogen-bond acceptors (Lipinski definition) is 10. The van der Waals surface area contributed by atoms with E-state index in [9.17, 15) is 40.5 Å². The smallest absolute Gasteiger partial charge is 0.221 e. The van der Waals surface area contributed by atoms with E-state index in [0.29, 0.717) is 35.1 Å². The van der Waals surface area contributed by atoms with Crippen molar-refractivity contribution in [2.45, 2.75) is 38.9 Å². The first-order valence-electron chi connectivity index (χ1n) is 13.1. The minimum atomic E-state index is -0.819. The second-order valence-electron chi connectivity index (χ2n) is 10.9. The third-order valence-electron chi connectivity index (χ3n) is 8.00. The van der Waals surface area contributed by atoms with Crippen LogP contribution in [0.25, 0.3) is 10.8 Å². The van der Waals surface area contributed by atoms with Crippen LogP contribution in [0.3, 0.4) is 0 Å². The lowest BCUT2D eigenvalue weighted by molar-refractivity contribution is 0.120. The molecule has 4 aromatic rings. The molecule has 2 aliphatic heterocycles. The minimum absolute atomic E-state index is 0.111. The van der Waals surface area contributed by atoms with E-state index in [4.69, 9.17) is 9.47 Å². The van der Waals surface area contributed by atoms with Crippen LogP contribution in [0.2, 0.25) is 0 Å². The molecule has 41 heavy (non-hydrogen) atoms. The van der Waals surface area contributed by atoms with Crippen LogP contribution in [0, 0.1) is 11.8 Å². The van der Waals surface area contributed by atoms with Gasteiger partial charge in [-0.1, -0.05) is 13.8 Å². The molecule has 0 saturated heterocycles. The Labute approximate surface area is 233 Å². The summed E-state index contributed by atoms with van der Waals surface area (Å²) in [6.45, 7) is 3.73. The molecule has 0 fully saturated rings. The highest BCUT2D eigenvalue weighted by molar-refractivity contribution is 5.97. The molecule has 1 unspecified atom stereocenters. The maximum absolute atomic E-state index is 13.1. The SMILES string of the molecule is C[C@@H]1Cc2c(O)cc(O)cc2OC1c1cc(O)c(O)c2c(O)c(=O)cc([C@H]3Oc4cc(O)cc(O)c4C[C@H]3C)cc12. The zero-order valence-corrected chi connectivity index (χ0v) is 22.1. The highest BCUT2D eigenvalue weighted by Crippen LogP contribution is 2.50. The number of fused-ring (bicyclic) bond motifs is 3. The highest BCUT2D eigenvalue weighted by Gasteiger charge is 2.35. The Kier molecular flexibility index (Phi) is 5.95. The van der Waals surface area contributed by atoms with Crippen LogP contribution < -0.4 is 14.9 Å². The highest BCUT2D eigenvalue weighted by atomic mass is 16.5. The summed E-state index contributed by atoms with van der Waals surface area (Å²) in [7, 11) is 0. The number of hydrogen-bond donors (Lipinski definition) is 7. The molecule has 4 aromatic carbocycles. The third kappa shape index (κ3) is 4.23. The van der Waals surface area contributed by atoms with Gasteiger partial charge in [0.25, 0.3) is 0 Å². The van der Waals surface area contributed by atoms with Crippen LogP contribution in [-0.2, 0) is 12.8 Å². The molecule has 2 aliphatic rings. The molecule has 0 aliphatic carbocycles. The number of phenols is 6. The molecule has 0 bridgehead atoms. The summed E-state index contributed by atoms with van der Waals surface area (Å²) >= 11 is 0. The third-order valence-corrected chi connectivity index (χ3v) is 8.00. The Morgan fingerprint density at radius 2 is 1.17 bits per heavy atom. The summed E-state index contributed by atoms with van der Waals surface area (Å²) in [4.78, 5) is 13.1. The minimum Gasteiger partial charge on any atom is -0.508 e. The fourth-order valence-corrected chi connectivity index (χ4v) is 6.02. The van der Waals surface area contributed by atoms with E-state index in [0.717, 1.165) is 0 Å². The second kappa shape index (κ2) is 9.29. The van der Waals surface area contributed by atoms with Crippen molar-refractivity contribution in [3.8, 4) is 51.7 Å². The number of rotatable bonds is 2. The largest absolute Gasteiger partial charge is 0.508 e. The summed E-state index contributed by atoms with van der Waals surface area (Å²) in [6, 6.07) is 9.28. The van der Waals surface area contributed by atoms with E-state index in [2.05, 4.69) is 0 Å². The van der Waals surface area contributed by atoms with Gasteiger partial charge in [0.1, 0.15) is 46.7 Å². The lowest BCUT2D eigenvalue weighted by Gasteiger charge is -2.33. The number of ether oxygens (including phenoxy) is 2. The Balaban J connectivity index is 1.56.